The molecule has 2 fully saturated rings. The molecule has 0 aromatic carbocycles. The first-order chi connectivity index (χ1) is 11.5. The van der Waals surface area contributed by atoms with Crippen LogP contribution in [0.25, 0.3) is 0 Å². The highest BCUT2D eigenvalue weighted by Crippen LogP contribution is 2.23. The lowest BCUT2D eigenvalue weighted by Crippen LogP contribution is -2.43. The fraction of sp³-hybridized carbons (Fsp3) is 0.733. The molecule has 0 atom stereocenters. The average Bonchev–Trinajstić information content (AvgIpc) is 2.56. The summed E-state index contributed by atoms with van der Waals surface area (Å²) in [6.45, 7) is 2.06. The van der Waals surface area contributed by atoms with Crippen molar-refractivity contribution in [2.75, 3.05) is 54.4 Å². The van der Waals surface area contributed by atoms with Crippen molar-refractivity contribution in [1.82, 2.24) is 14.9 Å². The molecule has 9 heteroatoms. The van der Waals surface area contributed by atoms with Crippen LogP contribution in [0.2, 0.25) is 0 Å². The minimum Gasteiger partial charge on any atom is -0.367 e. The van der Waals surface area contributed by atoms with Gasteiger partial charge in [-0.3, -0.25) is 4.90 Å². The van der Waals surface area contributed by atoms with Gasteiger partial charge in [0, 0.05) is 49.8 Å². The van der Waals surface area contributed by atoms with Crippen molar-refractivity contribution >= 4 is 23.4 Å². The van der Waals surface area contributed by atoms with E-state index in [0.717, 1.165) is 36.2 Å². The molecule has 0 aliphatic carbocycles. The van der Waals surface area contributed by atoms with Gasteiger partial charge in [0.1, 0.15) is 18.0 Å². The van der Waals surface area contributed by atoms with Gasteiger partial charge in [-0.25, -0.2) is 9.97 Å². The molecule has 0 bridgehead atoms. The van der Waals surface area contributed by atoms with E-state index in [2.05, 4.69) is 20.2 Å². The van der Waals surface area contributed by atoms with Crippen LogP contribution >= 0.6 is 11.8 Å². The molecule has 1 aromatic heterocycles. The number of hydrogen-bond acceptors (Lipinski definition) is 6. The second-order valence-electron chi connectivity index (χ2n) is 6.17. The van der Waals surface area contributed by atoms with Crippen LogP contribution in [0, 0.1) is 0 Å². The zero-order valence-corrected chi connectivity index (χ0v) is 14.2. The second kappa shape index (κ2) is 7.77. The lowest BCUT2D eigenvalue weighted by atomic mass is 10.1. The number of nitrogens with zero attached hydrogens (tertiary/aromatic N) is 4. The Labute approximate surface area is 144 Å². The summed E-state index contributed by atoms with van der Waals surface area (Å²) in [6, 6.07) is 2.10. The number of hydrogen-bond donors (Lipinski definition) is 1. The summed E-state index contributed by atoms with van der Waals surface area (Å²) >= 11 is 1.94. The predicted molar refractivity (Wildman–Crippen MR) is 90.7 cm³/mol. The van der Waals surface area contributed by atoms with Crippen LogP contribution in [0.15, 0.2) is 12.4 Å². The lowest BCUT2D eigenvalue weighted by molar-refractivity contribution is -0.147. The van der Waals surface area contributed by atoms with Crippen LogP contribution in [0.4, 0.5) is 24.8 Å². The topological polar surface area (TPSA) is 44.3 Å². The maximum atomic E-state index is 12.4. The minimum absolute atomic E-state index is 0.161. The molecule has 0 saturated carbocycles. The Morgan fingerprint density at radius 3 is 2.50 bits per heavy atom. The van der Waals surface area contributed by atoms with Crippen molar-refractivity contribution in [3.8, 4) is 0 Å². The zero-order valence-electron chi connectivity index (χ0n) is 13.4. The van der Waals surface area contributed by atoms with E-state index < -0.39 is 12.7 Å². The van der Waals surface area contributed by atoms with Gasteiger partial charge in [-0.15, -0.1) is 0 Å². The summed E-state index contributed by atoms with van der Waals surface area (Å²) in [5, 5.41) is 3.35. The summed E-state index contributed by atoms with van der Waals surface area (Å²) in [7, 11) is 0. The Hall–Kier alpha value is -1.22. The molecule has 2 aliphatic heterocycles. The Morgan fingerprint density at radius 2 is 1.83 bits per heavy atom. The molecule has 0 spiro atoms. The van der Waals surface area contributed by atoms with E-state index in [-0.39, 0.29) is 6.04 Å². The molecule has 1 N–H and O–H groups in total. The highest BCUT2D eigenvalue weighted by Gasteiger charge is 2.32. The number of thioether (sulfide) groups is 1. The van der Waals surface area contributed by atoms with Crippen LogP contribution in [-0.2, 0) is 0 Å². The molecule has 0 unspecified atom stereocenters. The minimum atomic E-state index is -4.12. The summed E-state index contributed by atoms with van der Waals surface area (Å²) in [5.41, 5.74) is 0. The molecule has 3 heterocycles. The SMILES string of the molecule is FC(F)(F)CN1CCC(Nc2cc(N3CCSCC3)ncn2)CC1. The van der Waals surface area contributed by atoms with Crippen molar-refractivity contribution < 1.29 is 13.2 Å². The van der Waals surface area contributed by atoms with Crippen molar-refractivity contribution in [3.63, 3.8) is 0 Å². The van der Waals surface area contributed by atoms with Crippen molar-refractivity contribution in [3.05, 3.63) is 12.4 Å². The van der Waals surface area contributed by atoms with E-state index in [0.29, 0.717) is 25.9 Å². The Balaban J connectivity index is 1.52. The summed E-state index contributed by atoms with van der Waals surface area (Å²) in [4.78, 5) is 12.3. The monoisotopic (exact) mass is 361 g/mol. The smallest absolute Gasteiger partial charge is 0.367 e. The number of aromatic nitrogens is 2. The normalized spacial score (nSPS) is 21.0. The number of nitrogens with one attached hydrogen (secondary N) is 1. The zero-order chi connectivity index (χ0) is 17.0. The quantitative estimate of drug-likeness (QED) is 0.889. The van der Waals surface area contributed by atoms with E-state index in [1.54, 1.807) is 6.33 Å². The molecule has 5 nitrogen and oxygen atoms in total. The molecule has 2 saturated heterocycles. The maximum absolute atomic E-state index is 12.4. The van der Waals surface area contributed by atoms with E-state index in [9.17, 15) is 13.2 Å². The van der Waals surface area contributed by atoms with Crippen molar-refractivity contribution in [1.29, 1.82) is 0 Å². The fourth-order valence-corrected chi connectivity index (χ4v) is 3.99. The van der Waals surface area contributed by atoms with Crippen LogP contribution in [-0.4, -0.2) is 71.3 Å². The Bertz CT molecular complexity index is 528. The highest BCUT2D eigenvalue weighted by molar-refractivity contribution is 7.99. The molecule has 0 amide bonds. The fourth-order valence-electron chi connectivity index (χ4n) is 3.09. The van der Waals surface area contributed by atoms with Gasteiger partial charge in [0.05, 0.1) is 6.54 Å². The third-order valence-electron chi connectivity index (χ3n) is 4.33. The highest BCUT2D eigenvalue weighted by atomic mass is 32.2. The molecule has 1 aromatic rings. The third kappa shape index (κ3) is 5.14. The molecular formula is C15H22F3N5S. The summed E-state index contributed by atoms with van der Waals surface area (Å²) in [5.74, 6) is 3.88. The first-order valence-corrected chi connectivity index (χ1v) is 9.35. The maximum Gasteiger partial charge on any atom is 0.401 e. The van der Waals surface area contributed by atoms with Crippen LogP contribution in [0.3, 0.4) is 0 Å². The van der Waals surface area contributed by atoms with Gasteiger partial charge in [-0.2, -0.15) is 24.9 Å². The predicted octanol–water partition coefficient (Wildman–Crippen LogP) is 2.47. The molecule has 134 valence electrons. The average molecular weight is 361 g/mol. The molecule has 3 rings (SSSR count). The number of piperidine rings is 1. The second-order valence-corrected chi connectivity index (χ2v) is 7.40. The van der Waals surface area contributed by atoms with E-state index in [4.69, 9.17) is 0 Å². The molecule has 24 heavy (non-hydrogen) atoms. The van der Waals surface area contributed by atoms with E-state index >= 15 is 0 Å². The van der Waals surface area contributed by atoms with Crippen molar-refractivity contribution in [2.45, 2.75) is 25.1 Å². The van der Waals surface area contributed by atoms with Crippen LogP contribution in [0.1, 0.15) is 12.8 Å². The number of alkyl halides is 3. The van der Waals surface area contributed by atoms with Gasteiger partial charge in [0.25, 0.3) is 0 Å². The van der Waals surface area contributed by atoms with Crippen molar-refractivity contribution in [2.24, 2.45) is 0 Å². The summed E-state index contributed by atoms with van der Waals surface area (Å²) in [6.07, 6.45) is -1.18. The number of halogens is 3. The van der Waals surface area contributed by atoms with Gasteiger partial charge >= 0.3 is 6.18 Å². The van der Waals surface area contributed by atoms with Crippen LogP contribution in [0.5, 0.6) is 0 Å². The first-order valence-electron chi connectivity index (χ1n) is 8.20. The van der Waals surface area contributed by atoms with Gasteiger partial charge in [-0.05, 0) is 12.8 Å². The van der Waals surface area contributed by atoms with E-state index in [1.807, 2.05) is 17.8 Å². The molecule has 0 radical (unpaired) electrons. The largest absolute Gasteiger partial charge is 0.401 e. The standard InChI is InChI=1S/C15H22F3N5S/c16-15(17,18)10-22-3-1-12(2-4-22)21-13-9-14(20-11-19-13)23-5-7-24-8-6-23/h9,11-12H,1-8,10H2,(H,19,20,21). The van der Waals surface area contributed by atoms with Crippen LogP contribution < -0.4 is 10.2 Å². The Morgan fingerprint density at radius 1 is 1.12 bits per heavy atom. The van der Waals surface area contributed by atoms with Gasteiger partial charge in [0.2, 0.25) is 0 Å². The van der Waals surface area contributed by atoms with Gasteiger partial charge < -0.3 is 10.2 Å². The van der Waals surface area contributed by atoms with E-state index in [1.165, 1.54) is 4.90 Å². The number of rotatable bonds is 4. The third-order valence-corrected chi connectivity index (χ3v) is 5.27. The van der Waals surface area contributed by atoms with Gasteiger partial charge in [-0.1, -0.05) is 0 Å². The molecule has 2 aliphatic rings. The molecular weight excluding hydrogens is 339 g/mol. The summed E-state index contributed by atoms with van der Waals surface area (Å²) < 4.78 is 37.3. The first kappa shape index (κ1) is 17.6. The lowest BCUT2D eigenvalue weighted by Gasteiger charge is -2.33. The number of likely N-dealkylation sites (tertiary alicyclic amines) is 1. The number of anilines is 2. The van der Waals surface area contributed by atoms with Gasteiger partial charge in [0.15, 0.2) is 0 Å². The Kier molecular flexibility index (Phi) is 5.70.